The fourth-order valence-electron chi connectivity index (χ4n) is 13.4. The Morgan fingerprint density at radius 3 is 0.932 bits per heavy atom. The van der Waals surface area contributed by atoms with E-state index >= 15 is 17.6 Å². The number of rotatable bonds is 5. The number of benzene rings is 14. The molecule has 2 aliphatic carbocycles. The molecule has 0 amide bonds. The van der Waals surface area contributed by atoms with E-state index in [4.69, 9.17) is 0 Å². The topological polar surface area (TPSA) is 0 Å². The van der Waals surface area contributed by atoms with Crippen LogP contribution in [0.15, 0.2) is 218 Å². The van der Waals surface area contributed by atoms with Crippen molar-refractivity contribution < 1.29 is 17.6 Å². The molecule has 0 heterocycles. The molecule has 0 fully saturated rings. The van der Waals surface area contributed by atoms with Gasteiger partial charge in [-0.15, -0.1) is 0 Å². The summed E-state index contributed by atoms with van der Waals surface area (Å²) in [6, 6.07) is 72.7. The van der Waals surface area contributed by atoms with E-state index in [0.717, 1.165) is 72.3 Å². The lowest BCUT2D eigenvalue weighted by atomic mass is 9.81. The molecule has 0 unspecified atom stereocenters. The van der Waals surface area contributed by atoms with Gasteiger partial charge >= 0.3 is 0 Å². The first-order chi connectivity index (χ1) is 36.5. The summed E-state index contributed by atoms with van der Waals surface area (Å²) in [6.07, 6.45) is 0. The molecular weight excluding hydrogens is 917 g/mol. The van der Waals surface area contributed by atoms with Crippen molar-refractivity contribution in [2.45, 2.75) is 0 Å². The first-order valence-electron chi connectivity index (χ1n) is 24.9. The molecule has 0 radical (unpaired) electrons. The van der Waals surface area contributed by atoms with E-state index in [0.29, 0.717) is 33.0 Å². The van der Waals surface area contributed by atoms with Crippen molar-refractivity contribution in [1.82, 2.24) is 0 Å². The van der Waals surface area contributed by atoms with E-state index in [2.05, 4.69) is 158 Å². The molecular formula is C70H36F4. The second-order valence-corrected chi connectivity index (χ2v) is 19.7. The minimum Gasteiger partial charge on any atom is -0.204 e. The van der Waals surface area contributed by atoms with Gasteiger partial charge in [0.15, 0.2) is 23.3 Å². The van der Waals surface area contributed by atoms with Gasteiger partial charge < -0.3 is 0 Å². The Morgan fingerprint density at radius 2 is 0.500 bits per heavy atom. The Bertz CT molecular complexity index is 4650. The molecule has 16 rings (SSSR count). The highest BCUT2D eigenvalue weighted by molar-refractivity contribution is 6.42. The Kier molecular flexibility index (Phi) is 8.41. The predicted octanol–water partition coefficient (Wildman–Crippen LogP) is 20.2. The van der Waals surface area contributed by atoms with Crippen LogP contribution in [0.25, 0.3) is 165 Å². The highest BCUT2D eigenvalue weighted by atomic mass is 19.2. The van der Waals surface area contributed by atoms with Gasteiger partial charge in [0.25, 0.3) is 0 Å². The molecule has 0 spiro atoms. The zero-order valence-corrected chi connectivity index (χ0v) is 39.3. The number of hydrogen-bond donors (Lipinski definition) is 0. The lowest BCUT2D eigenvalue weighted by molar-refractivity contribution is 0.511. The average molecular weight is 953 g/mol. The van der Waals surface area contributed by atoms with Crippen LogP contribution in [0.3, 0.4) is 0 Å². The summed E-state index contributed by atoms with van der Waals surface area (Å²) in [5.74, 6) is -3.87. The molecule has 0 saturated carbocycles. The van der Waals surface area contributed by atoms with Crippen LogP contribution >= 0.6 is 0 Å². The van der Waals surface area contributed by atoms with Crippen LogP contribution in [-0.2, 0) is 0 Å². The Hall–Kier alpha value is -9.38. The smallest absolute Gasteiger partial charge is 0.166 e. The van der Waals surface area contributed by atoms with Crippen molar-refractivity contribution in [1.29, 1.82) is 0 Å². The maximum Gasteiger partial charge on any atom is 0.166 e. The second-order valence-electron chi connectivity index (χ2n) is 19.7. The molecule has 0 N–H and O–H groups in total. The quantitative estimate of drug-likeness (QED) is 0.0916. The molecule has 0 aromatic heterocycles. The molecule has 344 valence electrons. The molecule has 4 heteroatoms. The molecule has 0 bridgehead atoms. The number of halogens is 4. The SMILES string of the molecule is Fc1cccc(-c2c3c(c(-c4cccc(F)c4F)c4ccccc24)-c2ccc4c5ccc6c7c(ccc(c8ccc-3c2c84)c75)-c2c-6c(-c3ccccc3-c3ccccc3)c3ccccc3c2-c2ccccc2)c1F. The Morgan fingerprint density at radius 1 is 0.176 bits per heavy atom. The van der Waals surface area contributed by atoms with Crippen LogP contribution in [0, 0.1) is 23.3 Å². The zero-order chi connectivity index (χ0) is 49.1. The molecule has 2 aliphatic rings. The Balaban J connectivity index is 1.04. The maximum absolute atomic E-state index is 16.4. The van der Waals surface area contributed by atoms with Gasteiger partial charge in [0, 0.05) is 22.3 Å². The summed E-state index contributed by atoms with van der Waals surface area (Å²) >= 11 is 0. The van der Waals surface area contributed by atoms with Crippen molar-refractivity contribution in [3.8, 4) is 100 Å². The van der Waals surface area contributed by atoms with Gasteiger partial charge in [-0.1, -0.05) is 206 Å². The van der Waals surface area contributed by atoms with E-state index < -0.39 is 23.3 Å². The van der Waals surface area contributed by atoms with Crippen LogP contribution in [-0.4, -0.2) is 0 Å². The largest absolute Gasteiger partial charge is 0.204 e. The summed E-state index contributed by atoms with van der Waals surface area (Å²) in [7, 11) is 0. The summed E-state index contributed by atoms with van der Waals surface area (Å²) < 4.78 is 63.7. The van der Waals surface area contributed by atoms with Crippen molar-refractivity contribution >= 4 is 64.6 Å². The van der Waals surface area contributed by atoms with Gasteiger partial charge in [0.2, 0.25) is 0 Å². The van der Waals surface area contributed by atoms with Crippen LogP contribution in [0.2, 0.25) is 0 Å². The van der Waals surface area contributed by atoms with Gasteiger partial charge in [-0.2, -0.15) is 0 Å². The Labute approximate surface area is 422 Å². The fraction of sp³-hybridized carbons (Fsp3) is 0. The summed E-state index contributed by atoms with van der Waals surface area (Å²) in [5.41, 5.74) is 16.0. The summed E-state index contributed by atoms with van der Waals surface area (Å²) in [5, 5.41) is 12.2. The normalized spacial score (nSPS) is 12.3. The van der Waals surface area contributed by atoms with E-state index in [1.165, 1.54) is 72.6 Å². The molecule has 0 saturated heterocycles. The van der Waals surface area contributed by atoms with E-state index in [1.807, 2.05) is 24.3 Å². The minimum absolute atomic E-state index is 0.0995. The first kappa shape index (κ1) is 41.3. The molecule has 14 aromatic rings. The van der Waals surface area contributed by atoms with Crippen molar-refractivity contribution in [3.05, 3.63) is 242 Å². The summed E-state index contributed by atoms with van der Waals surface area (Å²) in [6.45, 7) is 0. The van der Waals surface area contributed by atoms with Crippen molar-refractivity contribution in [2.24, 2.45) is 0 Å². The molecule has 74 heavy (non-hydrogen) atoms. The highest BCUT2D eigenvalue weighted by Gasteiger charge is 2.36. The lowest BCUT2D eigenvalue weighted by Gasteiger charge is -2.22. The minimum atomic E-state index is -0.969. The molecule has 0 atom stereocenters. The maximum atomic E-state index is 16.4. The standard InChI is InChI=1S/C70H36F4/c71-55-27-13-25-53(69(55)73)61-43-23-11-12-24-44(43)62(54-26-14-28-56(72)70(54)74)68-52-36-32-48-46-30-34-50-63-49(33-29-45(58(46)63)47-31-35-51(67(61)68)64(52)59(47)48)65-57(38-17-5-2-6-18-38)41-21-9-10-22-42(41)60(66(50)65)40-20-8-7-19-39(40)37-15-3-1-4-16-37/h1-36H. The first-order valence-corrected chi connectivity index (χ1v) is 24.9. The van der Waals surface area contributed by atoms with E-state index in [1.54, 1.807) is 12.1 Å². The third-order valence-electron chi connectivity index (χ3n) is 16.2. The van der Waals surface area contributed by atoms with Gasteiger partial charge in [-0.25, -0.2) is 17.6 Å². The summed E-state index contributed by atoms with van der Waals surface area (Å²) in [4.78, 5) is 0. The zero-order valence-electron chi connectivity index (χ0n) is 39.3. The predicted molar refractivity (Wildman–Crippen MR) is 299 cm³/mol. The van der Waals surface area contributed by atoms with Crippen LogP contribution in [0.5, 0.6) is 0 Å². The van der Waals surface area contributed by atoms with E-state index in [9.17, 15) is 0 Å². The number of fused-ring (bicyclic) bond motifs is 10. The van der Waals surface area contributed by atoms with Crippen LogP contribution in [0.1, 0.15) is 0 Å². The molecule has 14 aromatic carbocycles. The van der Waals surface area contributed by atoms with Gasteiger partial charge in [0.1, 0.15) is 0 Å². The third-order valence-corrected chi connectivity index (χ3v) is 16.2. The average Bonchev–Trinajstić information content (AvgIpc) is 4.10. The fourth-order valence-corrected chi connectivity index (χ4v) is 13.4. The van der Waals surface area contributed by atoms with E-state index in [-0.39, 0.29) is 11.1 Å². The van der Waals surface area contributed by atoms with Gasteiger partial charge in [-0.3, -0.25) is 0 Å². The highest BCUT2D eigenvalue weighted by Crippen LogP contribution is 2.63. The van der Waals surface area contributed by atoms with Crippen molar-refractivity contribution in [3.63, 3.8) is 0 Å². The second kappa shape index (κ2) is 15.1. The van der Waals surface area contributed by atoms with Gasteiger partial charge in [-0.05, 0) is 155 Å². The van der Waals surface area contributed by atoms with Crippen LogP contribution < -0.4 is 0 Å². The van der Waals surface area contributed by atoms with Crippen LogP contribution in [0.4, 0.5) is 17.6 Å². The molecule has 0 nitrogen and oxygen atoms in total. The molecule has 0 aliphatic heterocycles. The lowest BCUT2D eigenvalue weighted by Crippen LogP contribution is -1.98. The van der Waals surface area contributed by atoms with Crippen molar-refractivity contribution in [2.75, 3.05) is 0 Å². The monoisotopic (exact) mass is 952 g/mol. The van der Waals surface area contributed by atoms with Gasteiger partial charge in [0.05, 0.1) is 0 Å². The number of hydrogen-bond acceptors (Lipinski definition) is 0. The third kappa shape index (κ3) is 5.31.